The Balaban J connectivity index is 2.10. The Morgan fingerprint density at radius 2 is 2.45 bits per heavy atom. The quantitative estimate of drug-likeness (QED) is 0.580. The van der Waals surface area contributed by atoms with Gasteiger partial charge in [-0.1, -0.05) is 18.2 Å². The minimum atomic E-state index is 0.480. The lowest BCUT2D eigenvalue weighted by atomic mass is 10.1. The summed E-state index contributed by atoms with van der Waals surface area (Å²) in [7, 11) is 0. The molecular formula is C10H11O. The fraction of sp³-hybridized carbons (Fsp3) is 0.400. The fourth-order valence-electron chi connectivity index (χ4n) is 1.20. The third-order valence-electron chi connectivity index (χ3n) is 1.85. The van der Waals surface area contributed by atoms with Crippen LogP contribution >= 0.6 is 0 Å². The summed E-state index contributed by atoms with van der Waals surface area (Å²) in [5.41, 5.74) is 2.48. The second-order valence-electron chi connectivity index (χ2n) is 3.02. The zero-order chi connectivity index (χ0) is 7.68. The number of hydrogen-bond acceptors (Lipinski definition) is 1. The molecule has 1 atom stereocenters. The lowest BCUT2D eigenvalue weighted by Crippen LogP contribution is -1.92. The standard InChI is InChI=1S/C10H11O/c1-8-3-2-4-9(5-8)6-10-7-11-10/h2-4,10H,6-7H2,1H3. The first kappa shape index (κ1) is 6.86. The van der Waals surface area contributed by atoms with Crippen molar-refractivity contribution in [3.05, 3.63) is 35.4 Å². The number of rotatable bonds is 2. The minimum Gasteiger partial charge on any atom is -0.373 e. The van der Waals surface area contributed by atoms with E-state index in [4.69, 9.17) is 4.74 Å². The van der Waals surface area contributed by atoms with Gasteiger partial charge in [0, 0.05) is 6.42 Å². The van der Waals surface area contributed by atoms with Crippen molar-refractivity contribution in [2.75, 3.05) is 6.61 Å². The van der Waals surface area contributed by atoms with Crippen LogP contribution in [0.2, 0.25) is 0 Å². The van der Waals surface area contributed by atoms with E-state index in [0.29, 0.717) is 6.10 Å². The van der Waals surface area contributed by atoms with Crippen LogP contribution in [-0.2, 0) is 11.2 Å². The average molecular weight is 147 g/mol. The molecule has 0 aromatic heterocycles. The molecule has 0 spiro atoms. The minimum absolute atomic E-state index is 0.480. The molecule has 1 saturated heterocycles. The molecule has 0 amide bonds. The SMILES string of the molecule is Cc1[c]c(CC2CO2)ccc1. The van der Waals surface area contributed by atoms with Crippen molar-refractivity contribution in [2.45, 2.75) is 19.4 Å². The summed E-state index contributed by atoms with van der Waals surface area (Å²) < 4.78 is 5.13. The van der Waals surface area contributed by atoms with Crippen molar-refractivity contribution >= 4 is 0 Å². The number of hydrogen-bond donors (Lipinski definition) is 0. The molecule has 0 N–H and O–H groups in total. The van der Waals surface area contributed by atoms with Crippen molar-refractivity contribution < 1.29 is 4.74 Å². The van der Waals surface area contributed by atoms with E-state index in [2.05, 4.69) is 31.2 Å². The molecule has 11 heavy (non-hydrogen) atoms. The van der Waals surface area contributed by atoms with E-state index in [-0.39, 0.29) is 0 Å². The summed E-state index contributed by atoms with van der Waals surface area (Å²) in [6.07, 6.45) is 1.51. The summed E-state index contributed by atoms with van der Waals surface area (Å²) in [5.74, 6) is 0. The first-order valence-electron chi connectivity index (χ1n) is 3.94. The van der Waals surface area contributed by atoms with Crippen LogP contribution in [0.25, 0.3) is 0 Å². The van der Waals surface area contributed by atoms with Crippen LogP contribution in [0.3, 0.4) is 0 Å². The van der Waals surface area contributed by atoms with Crippen LogP contribution in [0, 0.1) is 13.0 Å². The fourth-order valence-corrected chi connectivity index (χ4v) is 1.20. The van der Waals surface area contributed by atoms with Crippen LogP contribution in [-0.4, -0.2) is 12.7 Å². The highest BCUT2D eigenvalue weighted by molar-refractivity contribution is 5.21. The number of ether oxygens (including phenoxy) is 1. The van der Waals surface area contributed by atoms with Gasteiger partial charge in [0.05, 0.1) is 12.7 Å². The van der Waals surface area contributed by atoms with E-state index in [1.54, 1.807) is 0 Å². The Kier molecular flexibility index (Phi) is 1.66. The lowest BCUT2D eigenvalue weighted by molar-refractivity contribution is 0.407. The van der Waals surface area contributed by atoms with E-state index in [0.717, 1.165) is 13.0 Å². The van der Waals surface area contributed by atoms with Gasteiger partial charge in [0.15, 0.2) is 0 Å². The molecule has 2 rings (SSSR count). The third kappa shape index (κ3) is 1.81. The summed E-state index contributed by atoms with van der Waals surface area (Å²) in [6, 6.07) is 9.54. The summed E-state index contributed by atoms with van der Waals surface area (Å²) in [6.45, 7) is 3.00. The van der Waals surface area contributed by atoms with Crippen molar-refractivity contribution in [3.8, 4) is 0 Å². The van der Waals surface area contributed by atoms with Crippen LogP contribution in [0.4, 0.5) is 0 Å². The molecule has 1 nitrogen and oxygen atoms in total. The highest BCUT2D eigenvalue weighted by Gasteiger charge is 2.22. The van der Waals surface area contributed by atoms with E-state index in [1.807, 2.05) is 0 Å². The Labute approximate surface area is 67.0 Å². The second kappa shape index (κ2) is 2.67. The van der Waals surface area contributed by atoms with E-state index in [1.165, 1.54) is 11.1 Å². The Morgan fingerprint density at radius 3 is 3.09 bits per heavy atom. The highest BCUT2D eigenvalue weighted by atomic mass is 16.6. The first-order chi connectivity index (χ1) is 5.34. The van der Waals surface area contributed by atoms with E-state index >= 15 is 0 Å². The van der Waals surface area contributed by atoms with E-state index in [9.17, 15) is 0 Å². The maximum Gasteiger partial charge on any atom is 0.0850 e. The zero-order valence-electron chi connectivity index (χ0n) is 6.63. The van der Waals surface area contributed by atoms with Gasteiger partial charge in [-0.2, -0.15) is 0 Å². The molecule has 1 aromatic rings. The maximum atomic E-state index is 5.13. The summed E-state index contributed by atoms with van der Waals surface area (Å²) in [5, 5.41) is 0. The van der Waals surface area contributed by atoms with Crippen molar-refractivity contribution in [1.29, 1.82) is 0 Å². The first-order valence-corrected chi connectivity index (χ1v) is 3.94. The van der Waals surface area contributed by atoms with Gasteiger partial charge in [-0.15, -0.1) is 0 Å². The average Bonchev–Trinajstić information content (AvgIpc) is 2.71. The van der Waals surface area contributed by atoms with Crippen LogP contribution in [0.5, 0.6) is 0 Å². The maximum absolute atomic E-state index is 5.13. The van der Waals surface area contributed by atoms with Crippen LogP contribution in [0.15, 0.2) is 18.2 Å². The van der Waals surface area contributed by atoms with Gasteiger partial charge in [0.1, 0.15) is 0 Å². The molecule has 1 unspecified atom stereocenters. The predicted octanol–water partition coefficient (Wildman–Crippen LogP) is 1.74. The zero-order valence-corrected chi connectivity index (χ0v) is 6.63. The van der Waals surface area contributed by atoms with Gasteiger partial charge in [-0.3, -0.25) is 0 Å². The molecule has 1 radical (unpaired) electrons. The van der Waals surface area contributed by atoms with E-state index < -0.39 is 0 Å². The molecule has 1 aliphatic heterocycles. The molecule has 1 heterocycles. The van der Waals surface area contributed by atoms with Gasteiger partial charge in [-0.25, -0.2) is 0 Å². The van der Waals surface area contributed by atoms with Crippen LogP contribution in [0.1, 0.15) is 11.1 Å². The summed E-state index contributed by atoms with van der Waals surface area (Å²) in [4.78, 5) is 0. The van der Waals surface area contributed by atoms with Gasteiger partial charge in [0.25, 0.3) is 0 Å². The van der Waals surface area contributed by atoms with Gasteiger partial charge in [-0.05, 0) is 24.1 Å². The number of epoxide rings is 1. The van der Waals surface area contributed by atoms with Crippen molar-refractivity contribution in [3.63, 3.8) is 0 Å². The number of aryl methyl sites for hydroxylation is 1. The largest absolute Gasteiger partial charge is 0.373 e. The number of benzene rings is 1. The topological polar surface area (TPSA) is 12.5 Å². The Hall–Kier alpha value is -0.820. The van der Waals surface area contributed by atoms with Crippen LogP contribution < -0.4 is 0 Å². The Morgan fingerprint density at radius 1 is 1.64 bits per heavy atom. The second-order valence-corrected chi connectivity index (χ2v) is 3.02. The normalized spacial score (nSPS) is 21.7. The molecule has 1 fully saturated rings. The molecule has 1 aromatic carbocycles. The molecule has 1 heteroatoms. The van der Waals surface area contributed by atoms with Crippen molar-refractivity contribution in [1.82, 2.24) is 0 Å². The molecule has 0 aliphatic carbocycles. The molecule has 0 bridgehead atoms. The summed E-state index contributed by atoms with van der Waals surface area (Å²) >= 11 is 0. The third-order valence-corrected chi connectivity index (χ3v) is 1.85. The monoisotopic (exact) mass is 147 g/mol. The molecule has 0 saturated carbocycles. The van der Waals surface area contributed by atoms with Gasteiger partial charge >= 0.3 is 0 Å². The lowest BCUT2D eigenvalue weighted by Gasteiger charge is -1.97. The Bertz CT molecular complexity index is 251. The van der Waals surface area contributed by atoms with Crippen molar-refractivity contribution in [2.24, 2.45) is 0 Å². The predicted molar refractivity (Wildman–Crippen MR) is 43.5 cm³/mol. The molecule has 1 aliphatic rings. The molecule has 57 valence electrons. The smallest absolute Gasteiger partial charge is 0.0850 e. The van der Waals surface area contributed by atoms with Gasteiger partial charge in [0.2, 0.25) is 0 Å². The van der Waals surface area contributed by atoms with Gasteiger partial charge < -0.3 is 4.74 Å². The molecular weight excluding hydrogens is 136 g/mol. The highest BCUT2D eigenvalue weighted by Crippen LogP contribution is 2.15.